The van der Waals surface area contributed by atoms with Crippen LogP contribution in [0.5, 0.6) is 0 Å². The summed E-state index contributed by atoms with van der Waals surface area (Å²) in [7, 11) is -0.738. The van der Waals surface area contributed by atoms with Gasteiger partial charge in [0.25, 0.3) is 5.91 Å². The molecule has 0 aliphatic rings. The van der Waals surface area contributed by atoms with E-state index < -0.39 is 33.4 Å². The van der Waals surface area contributed by atoms with Gasteiger partial charge in [-0.3, -0.25) is 4.79 Å². The van der Waals surface area contributed by atoms with Gasteiger partial charge in [-0.1, -0.05) is 102 Å². The van der Waals surface area contributed by atoms with Crippen LogP contribution in [-0.4, -0.2) is 45.1 Å². The van der Waals surface area contributed by atoms with Crippen LogP contribution in [0.15, 0.2) is 103 Å². The monoisotopic (exact) mass is 605 g/mol. The molecule has 0 spiro atoms. The van der Waals surface area contributed by atoms with E-state index in [0.717, 1.165) is 6.04 Å². The quantitative estimate of drug-likeness (QED) is 0.118. The lowest BCUT2D eigenvalue weighted by molar-refractivity contribution is -0.145. The Hall–Kier alpha value is -3.91. The number of amides is 1. The number of aromatic carboxylic acids is 1. The van der Waals surface area contributed by atoms with E-state index in [1.54, 1.807) is 30.3 Å². The zero-order valence-corrected chi connectivity index (χ0v) is 25.1. The van der Waals surface area contributed by atoms with Gasteiger partial charge in [0, 0.05) is 15.9 Å². The Morgan fingerprint density at radius 3 is 1.88 bits per heavy atom. The second-order valence-electron chi connectivity index (χ2n) is 9.51. The lowest BCUT2D eigenvalue weighted by Gasteiger charge is -2.20. The molecule has 9 heteroatoms. The largest absolute Gasteiger partial charge is 0.478 e. The molecule has 0 aromatic heterocycles. The fourth-order valence-electron chi connectivity index (χ4n) is 4.61. The van der Waals surface area contributed by atoms with Crippen molar-refractivity contribution in [2.24, 2.45) is 0 Å². The SMILES string of the molecule is O=C(O)c1ccc(C[C@H](NC(=O)c2c(Cl)cccc2Cl)C(=O)OCC[SiH2]C(c2ccccc2)c2ccccc2)cc1. The van der Waals surface area contributed by atoms with Gasteiger partial charge < -0.3 is 15.2 Å². The molecule has 4 rings (SSSR count). The van der Waals surface area contributed by atoms with Crippen LogP contribution in [0.1, 0.15) is 42.9 Å². The number of ether oxygens (including phenoxy) is 1. The molecule has 0 bridgehead atoms. The molecule has 0 aliphatic heterocycles. The van der Waals surface area contributed by atoms with E-state index in [4.69, 9.17) is 27.9 Å². The van der Waals surface area contributed by atoms with Crippen LogP contribution in [0.2, 0.25) is 16.1 Å². The standard InChI is InChI=1S/C32H29Cl2NO5Si/c33-25-12-7-13-26(34)28(25)30(36)35-27(20-21-14-16-24(17-15-21)31(37)38)32(39)40-18-19-41-29(22-8-3-1-4-9-22)23-10-5-2-6-11-23/h1-17,27,29H,18-20,41H2,(H,35,36)(H,37,38)/t27-/m0/s1. The number of carboxylic acids is 1. The summed E-state index contributed by atoms with van der Waals surface area (Å²) in [5.41, 5.74) is 3.60. The predicted octanol–water partition coefficient (Wildman–Crippen LogP) is 5.95. The Morgan fingerprint density at radius 1 is 0.780 bits per heavy atom. The second kappa shape index (κ2) is 14.6. The number of carbonyl (C=O) groups is 3. The molecule has 41 heavy (non-hydrogen) atoms. The Kier molecular flexibility index (Phi) is 10.7. The van der Waals surface area contributed by atoms with E-state index in [-0.39, 0.29) is 39.7 Å². The topological polar surface area (TPSA) is 92.7 Å². The van der Waals surface area contributed by atoms with Gasteiger partial charge in [0.2, 0.25) is 0 Å². The average molecular weight is 607 g/mol. The van der Waals surface area contributed by atoms with Crippen molar-refractivity contribution >= 4 is 50.6 Å². The Bertz CT molecular complexity index is 1420. The van der Waals surface area contributed by atoms with Crippen LogP contribution in [0.4, 0.5) is 0 Å². The Morgan fingerprint density at radius 2 is 1.34 bits per heavy atom. The van der Waals surface area contributed by atoms with Gasteiger partial charge >= 0.3 is 11.9 Å². The fourth-order valence-corrected chi connectivity index (χ4v) is 7.11. The molecule has 1 amide bonds. The van der Waals surface area contributed by atoms with Crippen LogP contribution in [0.3, 0.4) is 0 Å². The van der Waals surface area contributed by atoms with Gasteiger partial charge in [0.1, 0.15) is 6.04 Å². The predicted molar refractivity (Wildman–Crippen MR) is 164 cm³/mol. The van der Waals surface area contributed by atoms with E-state index in [0.29, 0.717) is 5.56 Å². The molecule has 6 nitrogen and oxygen atoms in total. The van der Waals surface area contributed by atoms with Gasteiger partial charge in [0.15, 0.2) is 0 Å². The van der Waals surface area contributed by atoms with Crippen LogP contribution >= 0.6 is 23.2 Å². The third-order valence-electron chi connectivity index (χ3n) is 6.71. The van der Waals surface area contributed by atoms with E-state index >= 15 is 0 Å². The molecular formula is C32H29Cl2NO5Si. The molecule has 0 radical (unpaired) electrons. The number of carbonyl (C=O) groups excluding carboxylic acids is 2. The summed E-state index contributed by atoms with van der Waals surface area (Å²) in [5, 5.41) is 12.2. The molecule has 0 heterocycles. The zero-order chi connectivity index (χ0) is 29.2. The van der Waals surface area contributed by atoms with Gasteiger partial charge in [-0.15, -0.1) is 0 Å². The van der Waals surface area contributed by atoms with Crippen molar-refractivity contribution in [3.05, 3.63) is 141 Å². The van der Waals surface area contributed by atoms with E-state index in [1.807, 2.05) is 36.4 Å². The van der Waals surface area contributed by atoms with Crippen molar-refractivity contribution in [3.8, 4) is 0 Å². The van der Waals surface area contributed by atoms with Gasteiger partial charge in [-0.25, -0.2) is 9.59 Å². The maximum atomic E-state index is 13.3. The molecule has 0 saturated heterocycles. The normalized spacial score (nSPS) is 11.9. The Balaban J connectivity index is 1.45. The first-order valence-electron chi connectivity index (χ1n) is 13.2. The minimum atomic E-state index is -1.05. The van der Waals surface area contributed by atoms with E-state index in [2.05, 4.69) is 29.6 Å². The molecule has 210 valence electrons. The number of nitrogens with one attached hydrogen (secondary N) is 1. The lowest BCUT2D eigenvalue weighted by Crippen LogP contribution is -2.43. The highest BCUT2D eigenvalue weighted by molar-refractivity contribution is 6.40. The van der Waals surface area contributed by atoms with Crippen molar-refractivity contribution < 1.29 is 24.2 Å². The van der Waals surface area contributed by atoms with Crippen molar-refractivity contribution in [2.75, 3.05) is 6.61 Å². The third kappa shape index (κ3) is 8.30. The highest BCUT2D eigenvalue weighted by Gasteiger charge is 2.26. The molecule has 0 aliphatic carbocycles. The summed E-state index contributed by atoms with van der Waals surface area (Å²) in [5.74, 6) is -2.25. The van der Waals surface area contributed by atoms with Crippen molar-refractivity contribution in [1.82, 2.24) is 5.32 Å². The minimum Gasteiger partial charge on any atom is -0.478 e. The smallest absolute Gasteiger partial charge is 0.335 e. The molecule has 1 atom stereocenters. The number of halogens is 2. The van der Waals surface area contributed by atoms with Gasteiger partial charge in [-0.05, 0) is 52.5 Å². The average Bonchev–Trinajstić information content (AvgIpc) is 2.98. The molecule has 4 aromatic rings. The van der Waals surface area contributed by atoms with Crippen molar-refractivity contribution in [2.45, 2.75) is 24.0 Å². The van der Waals surface area contributed by atoms with Crippen molar-refractivity contribution in [3.63, 3.8) is 0 Å². The van der Waals surface area contributed by atoms with E-state index in [1.165, 1.54) is 23.3 Å². The lowest BCUT2D eigenvalue weighted by atomic mass is 10.0. The van der Waals surface area contributed by atoms with Gasteiger partial charge in [0.05, 0.1) is 27.8 Å². The molecule has 0 fully saturated rings. The minimum absolute atomic E-state index is 0.0656. The number of esters is 1. The first-order chi connectivity index (χ1) is 19.8. The maximum Gasteiger partial charge on any atom is 0.335 e. The van der Waals surface area contributed by atoms with Crippen molar-refractivity contribution in [1.29, 1.82) is 0 Å². The molecule has 0 unspecified atom stereocenters. The van der Waals surface area contributed by atoms with Crippen LogP contribution < -0.4 is 5.32 Å². The third-order valence-corrected chi connectivity index (χ3v) is 9.55. The summed E-state index contributed by atoms with van der Waals surface area (Å²) in [6.07, 6.45) is 0.0978. The summed E-state index contributed by atoms with van der Waals surface area (Å²) < 4.78 is 5.68. The maximum absolute atomic E-state index is 13.3. The van der Waals surface area contributed by atoms with Crippen LogP contribution in [0, 0.1) is 0 Å². The summed E-state index contributed by atoms with van der Waals surface area (Å²) in [6.45, 7) is 0.221. The van der Waals surface area contributed by atoms with Gasteiger partial charge in [-0.2, -0.15) is 0 Å². The summed E-state index contributed by atoms with van der Waals surface area (Å²) in [6, 6.07) is 31.1. The highest BCUT2D eigenvalue weighted by Crippen LogP contribution is 2.25. The number of rotatable bonds is 12. The van der Waals surface area contributed by atoms with E-state index in [9.17, 15) is 19.5 Å². The molecular weight excluding hydrogens is 577 g/mol. The number of benzene rings is 4. The zero-order valence-electron chi connectivity index (χ0n) is 22.1. The number of hydrogen-bond donors (Lipinski definition) is 2. The Labute approximate surface area is 251 Å². The highest BCUT2D eigenvalue weighted by atomic mass is 35.5. The fraction of sp³-hybridized carbons (Fsp3) is 0.156. The number of hydrogen-bond acceptors (Lipinski definition) is 4. The summed E-state index contributed by atoms with van der Waals surface area (Å²) in [4.78, 5) is 37.6. The molecule has 2 N–H and O–H groups in total. The number of carboxylic acid groups (broad SMARTS) is 1. The second-order valence-corrected chi connectivity index (χ2v) is 12.4. The first-order valence-corrected chi connectivity index (χ1v) is 15.7. The summed E-state index contributed by atoms with van der Waals surface area (Å²) >= 11 is 12.4. The molecule has 4 aromatic carbocycles. The van der Waals surface area contributed by atoms with Crippen LogP contribution in [-0.2, 0) is 16.0 Å². The first kappa shape index (κ1) is 30.1. The molecule has 0 saturated carbocycles. The van der Waals surface area contributed by atoms with Crippen LogP contribution in [0.25, 0.3) is 0 Å².